The number of guanidine groups is 1. The van der Waals surface area contributed by atoms with Crippen molar-refractivity contribution in [1.82, 2.24) is 15.6 Å². The van der Waals surface area contributed by atoms with Gasteiger partial charge in [0.2, 0.25) is 5.89 Å². The maximum Gasteiger partial charge on any atom is 0.216 e. The fourth-order valence-corrected chi connectivity index (χ4v) is 2.92. The largest absolute Gasteiger partial charge is 0.443 e. The predicted octanol–water partition coefficient (Wildman–Crippen LogP) is 3.89. The van der Waals surface area contributed by atoms with Crippen LogP contribution in [-0.4, -0.2) is 24.0 Å². The van der Waals surface area contributed by atoms with Crippen LogP contribution in [0.1, 0.15) is 57.8 Å². The van der Waals surface area contributed by atoms with Crippen molar-refractivity contribution in [3.63, 3.8) is 0 Å². The van der Waals surface area contributed by atoms with E-state index in [1.165, 1.54) is 5.56 Å². The Morgan fingerprint density at radius 1 is 1.38 bits per heavy atom. The minimum Gasteiger partial charge on any atom is -0.443 e. The summed E-state index contributed by atoms with van der Waals surface area (Å²) in [7, 11) is 0. The first kappa shape index (κ1) is 18.5. The molecule has 0 aliphatic carbocycles. The minimum atomic E-state index is -0.0340. The number of nitrogens with zero attached hydrogens (tertiary/aromatic N) is 2. The summed E-state index contributed by atoms with van der Waals surface area (Å²) in [5.74, 6) is 2.75. The van der Waals surface area contributed by atoms with E-state index in [0.29, 0.717) is 18.4 Å². The van der Waals surface area contributed by atoms with Gasteiger partial charge in [0.05, 0.1) is 6.20 Å². The topological polar surface area (TPSA) is 62.5 Å². The number of thiophene rings is 1. The Labute approximate surface area is 148 Å². The summed E-state index contributed by atoms with van der Waals surface area (Å²) in [6, 6.07) is 2.17. The van der Waals surface area contributed by atoms with Crippen LogP contribution in [0.4, 0.5) is 0 Å². The molecule has 2 heterocycles. The van der Waals surface area contributed by atoms with Crippen LogP contribution in [0, 0.1) is 0 Å². The summed E-state index contributed by atoms with van der Waals surface area (Å²) in [4.78, 5) is 8.90. The number of oxazole rings is 1. The first-order valence-corrected chi connectivity index (χ1v) is 9.34. The summed E-state index contributed by atoms with van der Waals surface area (Å²) in [5.41, 5.74) is 1.32. The van der Waals surface area contributed by atoms with E-state index >= 15 is 0 Å². The van der Waals surface area contributed by atoms with Crippen LogP contribution in [0.5, 0.6) is 0 Å². The fraction of sp³-hybridized carbons (Fsp3) is 0.556. The quantitative estimate of drug-likeness (QED) is 0.614. The third-order valence-corrected chi connectivity index (χ3v) is 4.40. The first-order valence-electron chi connectivity index (χ1n) is 8.39. The SMILES string of the molecule is CCNC(=NCc1ncc(C(C)(C)C)o1)NCC(C)c1ccsc1. The lowest BCUT2D eigenvalue weighted by molar-refractivity contribution is 0.383. The number of aromatic nitrogens is 1. The third kappa shape index (κ3) is 5.37. The summed E-state index contributed by atoms with van der Waals surface area (Å²) >= 11 is 1.73. The van der Waals surface area contributed by atoms with Crippen LogP contribution < -0.4 is 10.6 Å². The van der Waals surface area contributed by atoms with Crippen LogP contribution in [0.3, 0.4) is 0 Å². The van der Waals surface area contributed by atoms with Gasteiger partial charge in [-0.1, -0.05) is 27.7 Å². The molecule has 24 heavy (non-hydrogen) atoms. The van der Waals surface area contributed by atoms with Crippen molar-refractivity contribution in [2.75, 3.05) is 13.1 Å². The third-order valence-electron chi connectivity index (χ3n) is 3.70. The molecule has 2 aromatic rings. The van der Waals surface area contributed by atoms with E-state index in [9.17, 15) is 0 Å². The molecular formula is C18H28N4OS. The minimum absolute atomic E-state index is 0.0340. The van der Waals surface area contributed by atoms with Crippen LogP contribution in [0.2, 0.25) is 0 Å². The summed E-state index contributed by atoms with van der Waals surface area (Å²) < 4.78 is 5.79. The van der Waals surface area contributed by atoms with Crippen molar-refractivity contribution < 1.29 is 4.42 Å². The summed E-state index contributed by atoms with van der Waals surface area (Å²) in [6.45, 7) is 12.7. The molecule has 2 rings (SSSR count). The van der Waals surface area contributed by atoms with Gasteiger partial charge >= 0.3 is 0 Å². The van der Waals surface area contributed by atoms with Crippen LogP contribution in [0.25, 0.3) is 0 Å². The van der Waals surface area contributed by atoms with Gasteiger partial charge in [0, 0.05) is 18.5 Å². The second-order valence-electron chi connectivity index (χ2n) is 6.90. The molecule has 0 amide bonds. The molecule has 0 radical (unpaired) electrons. The average Bonchev–Trinajstić information content (AvgIpc) is 3.20. The molecule has 0 aliphatic rings. The zero-order chi connectivity index (χ0) is 17.6. The molecular weight excluding hydrogens is 320 g/mol. The van der Waals surface area contributed by atoms with E-state index in [2.05, 4.69) is 72.1 Å². The average molecular weight is 349 g/mol. The predicted molar refractivity (Wildman–Crippen MR) is 101 cm³/mol. The number of hydrogen-bond donors (Lipinski definition) is 2. The maximum atomic E-state index is 5.79. The molecule has 0 aromatic carbocycles. The Morgan fingerprint density at radius 2 is 2.17 bits per heavy atom. The van der Waals surface area contributed by atoms with E-state index < -0.39 is 0 Å². The smallest absolute Gasteiger partial charge is 0.216 e. The molecule has 0 saturated heterocycles. The molecule has 1 atom stereocenters. The Hall–Kier alpha value is -1.82. The van der Waals surface area contributed by atoms with Gasteiger partial charge in [-0.2, -0.15) is 11.3 Å². The molecule has 0 aliphatic heterocycles. The number of nitrogens with one attached hydrogen (secondary N) is 2. The summed E-state index contributed by atoms with van der Waals surface area (Å²) in [5, 5.41) is 11.0. The second kappa shape index (κ2) is 8.33. The monoisotopic (exact) mass is 348 g/mol. The molecule has 2 N–H and O–H groups in total. The van der Waals surface area contributed by atoms with Gasteiger partial charge in [-0.25, -0.2) is 9.98 Å². The van der Waals surface area contributed by atoms with Gasteiger partial charge in [-0.15, -0.1) is 0 Å². The lowest BCUT2D eigenvalue weighted by Gasteiger charge is -2.15. The van der Waals surface area contributed by atoms with Gasteiger partial charge < -0.3 is 15.1 Å². The lowest BCUT2D eigenvalue weighted by Crippen LogP contribution is -2.39. The number of hydrogen-bond acceptors (Lipinski definition) is 4. The lowest BCUT2D eigenvalue weighted by atomic mass is 9.94. The van der Waals surface area contributed by atoms with E-state index in [-0.39, 0.29) is 5.41 Å². The molecule has 2 aromatic heterocycles. The Balaban J connectivity index is 1.94. The van der Waals surface area contributed by atoms with Crippen molar-refractivity contribution >= 4 is 17.3 Å². The van der Waals surface area contributed by atoms with E-state index in [1.807, 2.05) is 0 Å². The normalized spacial score (nSPS) is 13.8. The molecule has 5 nitrogen and oxygen atoms in total. The van der Waals surface area contributed by atoms with E-state index in [4.69, 9.17) is 4.42 Å². The zero-order valence-corrected chi connectivity index (χ0v) is 16.0. The van der Waals surface area contributed by atoms with Gasteiger partial charge in [0.15, 0.2) is 5.96 Å². The van der Waals surface area contributed by atoms with E-state index in [1.54, 1.807) is 17.5 Å². The Kier molecular flexibility index (Phi) is 6.43. The highest BCUT2D eigenvalue weighted by Gasteiger charge is 2.19. The second-order valence-corrected chi connectivity index (χ2v) is 7.68. The highest BCUT2D eigenvalue weighted by molar-refractivity contribution is 7.07. The van der Waals surface area contributed by atoms with Crippen LogP contribution in [-0.2, 0) is 12.0 Å². The van der Waals surface area contributed by atoms with Crippen molar-refractivity contribution in [2.24, 2.45) is 4.99 Å². The molecule has 0 spiro atoms. The molecule has 6 heteroatoms. The van der Waals surface area contributed by atoms with Crippen molar-refractivity contribution in [1.29, 1.82) is 0 Å². The molecule has 0 fully saturated rings. The zero-order valence-electron chi connectivity index (χ0n) is 15.2. The maximum absolute atomic E-state index is 5.79. The van der Waals surface area contributed by atoms with Crippen molar-refractivity contribution in [3.05, 3.63) is 40.2 Å². The molecule has 0 bridgehead atoms. The van der Waals surface area contributed by atoms with Gasteiger partial charge in [-0.05, 0) is 35.2 Å². The highest BCUT2D eigenvalue weighted by atomic mass is 32.1. The molecule has 132 valence electrons. The summed E-state index contributed by atoms with van der Waals surface area (Å²) in [6.07, 6.45) is 1.80. The van der Waals surface area contributed by atoms with Gasteiger partial charge in [-0.3, -0.25) is 0 Å². The van der Waals surface area contributed by atoms with Crippen molar-refractivity contribution in [3.8, 4) is 0 Å². The van der Waals surface area contributed by atoms with E-state index in [0.717, 1.165) is 24.8 Å². The highest BCUT2D eigenvalue weighted by Crippen LogP contribution is 2.22. The molecule has 0 saturated carbocycles. The fourth-order valence-electron chi connectivity index (χ4n) is 2.14. The molecule has 1 unspecified atom stereocenters. The Bertz CT molecular complexity index is 640. The van der Waals surface area contributed by atoms with Gasteiger partial charge in [0.1, 0.15) is 12.3 Å². The first-order chi connectivity index (χ1) is 11.4. The van der Waals surface area contributed by atoms with Crippen LogP contribution >= 0.6 is 11.3 Å². The van der Waals surface area contributed by atoms with Crippen molar-refractivity contribution in [2.45, 2.75) is 52.5 Å². The van der Waals surface area contributed by atoms with Gasteiger partial charge in [0.25, 0.3) is 0 Å². The Morgan fingerprint density at radius 3 is 2.75 bits per heavy atom. The number of aliphatic imine (C=N–C) groups is 1. The number of rotatable bonds is 6. The standard InChI is InChI=1S/C18H28N4OS/c1-6-19-17(21-9-13(2)14-7-8-24-12-14)22-11-16-20-10-15(23-16)18(3,4)5/h7-8,10,12-13H,6,9,11H2,1-5H3,(H2,19,21,22). The van der Waals surface area contributed by atoms with Crippen LogP contribution in [0.15, 0.2) is 32.4 Å².